The molecule has 0 aliphatic carbocycles. The highest BCUT2D eigenvalue weighted by atomic mass is 16.4. The number of carbonyl (C=O) groups excluding carboxylic acids is 2. The molecule has 112 valence electrons. The molecule has 1 fully saturated rings. The molecule has 3 amide bonds. The Hall–Kier alpha value is -2.64. The van der Waals surface area contributed by atoms with Gasteiger partial charge in [0, 0.05) is 19.3 Å². The lowest BCUT2D eigenvalue weighted by atomic mass is 10.2. The fourth-order valence-electron chi connectivity index (χ4n) is 2.24. The van der Waals surface area contributed by atoms with Crippen molar-refractivity contribution in [3.63, 3.8) is 0 Å². The minimum absolute atomic E-state index is 0.0570. The van der Waals surface area contributed by atoms with E-state index in [1.807, 2.05) is 0 Å². The summed E-state index contributed by atoms with van der Waals surface area (Å²) in [6.07, 6.45) is 2.72. The molecule has 1 aromatic heterocycles. The molecular formula is C13H16N4O4. The van der Waals surface area contributed by atoms with Gasteiger partial charge in [0.1, 0.15) is 11.7 Å². The van der Waals surface area contributed by atoms with Gasteiger partial charge in [-0.15, -0.1) is 0 Å². The Morgan fingerprint density at radius 3 is 2.76 bits per heavy atom. The highest BCUT2D eigenvalue weighted by Crippen LogP contribution is 2.16. The summed E-state index contributed by atoms with van der Waals surface area (Å²) in [5.41, 5.74) is 5.86. The van der Waals surface area contributed by atoms with E-state index in [9.17, 15) is 14.4 Å². The molecule has 4 N–H and O–H groups in total. The van der Waals surface area contributed by atoms with Gasteiger partial charge in [0.15, 0.2) is 0 Å². The van der Waals surface area contributed by atoms with Crippen molar-refractivity contribution in [3.05, 3.63) is 29.6 Å². The maximum atomic E-state index is 12.0. The summed E-state index contributed by atoms with van der Waals surface area (Å²) in [5, 5.41) is 11.4. The zero-order chi connectivity index (χ0) is 15.4. The van der Waals surface area contributed by atoms with Gasteiger partial charge in [-0.05, 0) is 24.5 Å². The number of aromatic nitrogens is 1. The maximum absolute atomic E-state index is 12.0. The van der Waals surface area contributed by atoms with Gasteiger partial charge in [-0.2, -0.15) is 0 Å². The molecule has 8 nitrogen and oxygen atoms in total. The number of aromatic carboxylic acids is 1. The molecule has 21 heavy (non-hydrogen) atoms. The number of hydrogen-bond donors (Lipinski definition) is 3. The largest absolute Gasteiger partial charge is 0.477 e. The van der Waals surface area contributed by atoms with Crippen LogP contribution in [-0.2, 0) is 11.3 Å². The van der Waals surface area contributed by atoms with Crippen LogP contribution in [0.1, 0.15) is 28.9 Å². The van der Waals surface area contributed by atoms with E-state index < -0.39 is 17.9 Å². The molecule has 0 saturated carbocycles. The predicted octanol–water partition coefficient (Wildman–Crippen LogP) is -0.0609. The number of carbonyl (C=O) groups is 3. The van der Waals surface area contributed by atoms with Crippen LogP contribution in [0.4, 0.5) is 4.79 Å². The van der Waals surface area contributed by atoms with Gasteiger partial charge in [0.05, 0.1) is 0 Å². The van der Waals surface area contributed by atoms with Gasteiger partial charge in [0.25, 0.3) is 0 Å². The Morgan fingerprint density at radius 1 is 1.43 bits per heavy atom. The number of likely N-dealkylation sites (tertiary alicyclic amines) is 1. The van der Waals surface area contributed by atoms with Crippen molar-refractivity contribution in [2.75, 3.05) is 6.54 Å². The van der Waals surface area contributed by atoms with Gasteiger partial charge in [-0.3, -0.25) is 4.79 Å². The summed E-state index contributed by atoms with van der Waals surface area (Å²) >= 11 is 0. The third-order valence-electron chi connectivity index (χ3n) is 3.33. The summed E-state index contributed by atoms with van der Waals surface area (Å²) in [6.45, 7) is 0.698. The number of urea groups is 1. The molecule has 1 aliphatic heterocycles. The molecule has 1 atom stereocenters. The number of nitrogens with one attached hydrogen (secondary N) is 1. The smallest absolute Gasteiger partial charge is 0.354 e. The van der Waals surface area contributed by atoms with Crippen LogP contribution in [0.3, 0.4) is 0 Å². The van der Waals surface area contributed by atoms with Gasteiger partial charge < -0.3 is 21.1 Å². The summed E-state index contributed by atoms with van der Waals surface area (Å²) in [5.74, 6) is -1.61. The average Bonchev–Trinajstić information content (AvgIpc) is 2.95. The number of hydrogen-bond acceptors (Lipinski definition) is 4. The molecule has 0 radical (unpaired) electrons. The Morgan fingerprint density at radius 2 is 2.19 bits per heavy atom. The second-order valence-electron chi connectivity index (χ2n) is 4.77. The number of nitrogens with zero attached hydrogens (tertiary/aromatic N) is 2. The van der Waals surface area contributed by atoms with Gasteiger partial charge >= 0.3 is 12.0 Å². The SMILES string of the molecule is NC(=O)C1CCCN1C(=O)NCc1ccc(C(=O)O)nc1. The van der Waals surface area contributed by atoms with Crippen molar-refractivity contribution in [1.29, 1.82) is 0 Å². The standard InChI is InChI=1S/C13H16N4O4/c14-11(18)10-2-1-5-17(10)13(21)16-7-8-3-4-9(12(19)20)15-6-8/h3-4,6,10H,1-2,5,7H2,(H2,14,18)(H,16,21)(H,19,20). The average molecular weight is 292 g/mol. The maximum Gasteiger partial charge on any atom is 0.354 e. The highest BCUT2D eigenvalue weighted by Gasteiger charge is 2.32. The van der Waals surface area contributed by atoms with Crippen LogP contribution in [-0.4, -0.2) is 45.5 Å². The first-order valence-corrected chi connectivity index (χ1v) is 6.51. The van der Waals surface area contributed by atoms with Crippen LogP contribution in [0.2, 0.25) is 0 Å². The first-order valence-electron chi connectivity index (χ1n) is 6.51. The summed E-state index contributed by atoms with van der Waals surface area (Å²) in [6, 6.07) is 2.02. The minimum atomic E-state index is -1.10. The summed E-state index contributed by atoms with van der Waals surface area (Å²) in [4.78, 5) is 39.1. The topological polar surface area (TPSA) is 126 Å². The number of pyridine rings is 1. The Balaban J connectivity index is 1.91. The summed E-state index contributed by atoms with van der Waals surface area (Å²) in [7, 11) is 0. The van der Waals surface area contributed by atoms with Crippen LogP contribution in [0.25, 0.3) is 0 Å². The minimum Gasteiger partial charge on any atom is -0.477 e. The lowest BCUT2D eigenvalue weighted by Crippen LogP contribution is -2.47. The van der Waals surface area contributed by atoms with Crippen LogP contribution >= 0.6 is 0 Å². The summed E-state index contributed by atoms with van der Waals surface area (Å²) < 4.78 is 0. The van der Waals surface area contributed by atoms with Crippen molar-refractivity contribution in [3.8, 4) is 0 Å². The Labute approximate surface area is 120 Å². The van der Waals surface area contributed by atoms with E-state index in [4.69, 9.17) is 10.8 Å². The molecule has 1 aliphatic rings. The quantitative estimate of drug-likeness (QED) is 0.716. The second-order valence-corrected chi connectivity index (χ2v) is 4.77. The molecule has 2 rings (SSSR count). The van der Waals surface area contributed by atoms with Crippen molar-refractivity contribution in [1.82, 2.24) is 15.2 Å². The number of rotatable bonds is 4. The Bertz CT molecular complexity index is 558. The molecule has 2 heterocycles. The van der Waals surface area contributed by atoms with E-state index in [1.165, 1.54) is 17.2 Å². The number of primary amides is 1. The van der Waals surface area contributed by atoms with Crippen molar-refractivity contribution >= 4 is 17.9 Å². The van der Waals surface area contributed by atoms with Gasteiger partial charge in [0.2, 0.25) is 5.91 Å². The van der Waals surface area contributed by atoms with Crippen molar-refractivity contribution in [2.24, 2.45) is 5.73 Å². The second kappa shape index (κ2) is 6.21. The van der Waals surface area contributed by atoms with E-state index in [0.29, 0.717) is 18.5 Å². The third-order valence-corrected chi connectivity index (χ3v) is 3.33. The third kappa shape index (κ3) is 3.47. The molecule has 8 heteroatoms. The highest BCUT2D eigenvalue weighted by molar-refractivity contribution is 5.86. The predicted molar refractivity (Wildman–Crippen MR) is 72.4 cm³/mol. The normalized spacial score (nSPS) is 17.5. The number of nitrogens with two attached hydrogens (primary N) is 1. The fourth-order valence-corrected chi connectivity index (χ4v) is 2.24. The van der Waals surface area contributed by atoms with E-state index >= 15 is 0 Å². The van der Waals surface area contributed by atoms with E-state index in [2.05, 4.69) is 10.3 Å². The first kappa shape index (κ1) is 14.8. The van der Waals surface area contributed by atoms with E-state index in [1.54, 1.807) is 6.07 Å². The first-order chi connectivity index (χ1) is 9.99. The lowest BCUT2D eigenvalue weighted by molar-refractivity contribution is -0.121. The fraction of sp³-hybridized carbons (Fsp3) is 0.385. The van der Waals surface area contributed by atoms with Crippen molar-refractivity contribution in [2.45, 2.75) is 25.4 Å². The molecule has 1 aromatic rings. The molecular weight excluding hydrogens is 276 g/mol. The van der Waals surface area contributed by atoms with Crippen LogP contribution in [0, 0.1) is 0 Å². The van der Waals surface area contributed by atoms with E-state index in [-0.39, 0.29) is 18.3 Å². The van der Waals surface area contributed by atoms with Crippen LogP contribution in [0.15, 0.2) is 18.3 Å². The molecule has 1 saturated heterocycles. The Kier molecular flexibility index (Phi) is 4.36. The van der Waals surface area contributed by atoms with Gasteiger partial charge in [-0.25, -0.2) is 14.6 Å². The molecule has 1 unspecified atom stereocenters. The monoisotopic (exact) mass is 292 g/mol. The van der Waals surface area contributed by atoms with Crippen molar-refractivity contribution < 1.29 is 19.5 Å². The molecule has 0 bridgehead atoms. The van der Waals surface area contributed by atoms with E-state index in [0.717, 1.165) is 6.42 Å². The number of amides is 3. The number of carboxylic acid groups (broad SMARTS) is 1. The van der Waals surface area contributed by atoms with Crippen LogP contribution < -0.4 is 11.1 Å². The van der Waals surface area contributed by atoms with Gasteiger partial charge in [-0.1, -0.05) is 6.07 Å². The number of carboxylic acids is 1. The zero-order valence-electron chi connectivity index (χ0n) is 11.3. The van der Waals surface area contributed by atoms with Crippen LogP contribution in [0.5, 0.6) is 0 Å². The molecule has 0 spiro atoms. The zero-order valence-corrected chi connectivity index (χ0v) is 11.3. The molecule has 0 aromatic carbocycles. The lowest BCUT2D eigenvalue weighted by Gasteiger charge is -2.22.